The zero-order valence-electron chi connectivity index (χ0n) is 18.4. The topological polar surface area (TPSA) is 108 Å². The van der Waals surface area contributed by atoms with Crippen molar-refractivity contribution in [3.63, 3.8) is 0 Å². The van der Waals surface area contributed by atoms with Gasteiger partial charge in [0.25, 0.3) is 5.69 Å². The van der Waals surface area contributed by atoms with Crippen molar-refractivity contribution in [2.45, 2.75) is 13.8 Å². The Labute approximate surface area is 216 Å². The molecule has 3 aromatic carbocycles. The fraction of sp³-hybridized carbons (Fsp3) is 0.0800. The monoisotopic (exact) mass is 598 g/mol. The number of aryl methyl sites for hydroxylation is 2. The van der Waals surface area contributed by atoms with Crippen molar-refractivity contribution in [3.05, 3.63) is 107 Å². The SMILES string of the molecule is Cc1cccc(C(=O)Oc2c(Br)cc(/C=C3\N=C(c4ccc([N+](=O)[O-])c(C)c4)OC3=O)cc2Br)c1. The zero-order chi connectivity index (χ0) is 25.3. The first-order valence-corrected chi connectivity index (χ1v) is 11.8. The summed E-state index contributed by atoms with van der Waals surface area (Å²) in [6.45, 7) is 3.48. The predicted octanol–water partition coefficient (Wildman–Crippen LogP) is 6.30. The second kappa shape index (κ2) is 9.93. The zero-order valence-corrected chi connectivity index (χ0v) is 21.5. The van der Waals surface area contributed by atoms with Crippen LogP contribution in [0.2, 0.25) is 0 Å². The van der Waals surface area contributed by atoms with E-state index in [1.165, 1.54) is 24.3 Å². The maximum absolute atomic E-state index is 12.5. The van der Waals surface area contributed by atoms with E-state index in [9.17, 15) is 19.7 Å². The Morgan fingerprint density at radius 3 is 2.43 bits per heavy atom. The molecule has 0 amide bonds. The first-order valence-electron chi connectivity index (χ1n) is 10.2. The number of aliphatic imine (C=N–C) groups is 1. The first-order chi connectivity index (χ1) is 16.6. The lowest BCUT2D eigenvalue weighted by atomic mass is 10.1. The Kier molecular flexibility index (Phi) is 6.95. The van der Waals surface area contributed by atoms with E-state index in [0.717, 1.165) is 5.56 Å². The van der Waals surface area contributed by atoms with Crippen LogP contribution in [-0.4, -0.2) is 22.8 Å². The summed E-state index contributed by atoms with van der Waals surface area (Å²) >= 11 is 6.82. The highest BCUT2D eigenvalue weighted by molar-refractivity contribution is 9.11. The third-order valence-electron chi connectivity index (χ3n) is 5.03. The van der Waals surface area contributed by atoms with Gasteiger partial charge in [-0.05, 0) is 93.7 Å². The second-order valence-corrected chi connectivity index (χ2v) is 9.38. The molecule has 1 aliphatic heterocycles. The smallest absolute Gasteiger partial charge is 0.363 e. The molecule has 0 N–H and O–H groups in total. The van der Waals surface area contributed by atoms with Gasteiger partial charge in [-0.3, -0.25) is 10.1 Å². The molecule has 4 rings (SSSR count). The number of halogens is 2. The number of hydrogen-bond donors (Lipinski definition) is 0. The van der Waals surface area contributed by atoms with Crippen LogP contribution < -0.4 is 4.74 Å². The number of esters is 2. The van der Waals surface area contributed by atoms with Gasteiger partial charge in [-0.15, -0.1) is 0 Å². The summed E-state index contributed by atoms with van der Waals surface area (Å²) in [4.78, 5) is 39.7. The molecule has 35 heavy (non-hydrogen) atoms. The lowest BCUT2D eigenvalue weighted by Crippen LogP contribution is -2.09. The summed E-state index contributed by atoms with van der Waals surface area (Å²) in [5, 5.41) is 11.0. The number of nitro groups is 1. The van der Waals surface area contributed by atoms with Gasteiger partial charge in [0.05, 0.1) is 19.4 Å². The number of rotatable bonds is 5. The Balaban J connectivity index is 1.59. The van der Waals surface area contributed by atoms with Crippen LogP contribution in [0.3, 0.4) is 0 Å². The average molecular weight is 600 g/mol. The Morgan fingerprint density at radius 1 is 1.09 bits per heavy atom. The molecule has 0 bridgehead atoms. The minimum Gasteiger partial charge on any atom is -0.421 e. The fourth-order valence-corrected chi connectivity index (χ4v) is 4.75. The quantitative estimate of drug-likeness (QED) is 0.112. The molecular weight excluding hydrogens is 584 g/mol. The maximum atomic E-state index is 12.5. The number of ether oxygens (including phenoxy) is 2. The van der Waals surface area contributed by atoms with Crippen molar-refractivity contribution in [1.29, 1.82) is 0 Å². The average Bonchev–Trinajstić information content (AvgIpc) is 3.16. The largest absolute Gasteiger partial charge is 0.421 e. The number of hydrogen-bond acceptors (Lipinski definition) is 7. The van der Waals surface area contributed by atoms with Crippen LogP contribution in [0.1, 0.15) is 32.6 Å². The number of nitro benzene ring substituents is 1. The second-order valence-electron chi connectivity index (χ2n) is 7.67. The molecule has 1 heterocycles. The number of nitrogens with zero attached hydrogens (tertiary/aromatic N) is 2. The number of cyclic esters (lactones) is 1. The Bertz CT molecular complexity index is 1440. The van der Waals surface area contributed by atoms with Crippen LogP contribution >= 0.6 is 31.9 Å². The molecule has 0 unspecified atom stereocenters. The third kappa shape index (κ3) is 5.39. The van der Waals surface area contributed by atoms with Crippen LogP contribution in [0.25, 0.3) is 6.08 Å². The van der Waals surface area contributed by atoms with Gasteiger partial charge < -0.3 is 9.47 Å². The van der Waals surface area contributed by atoms with E-state index in [1.54, 1.807) is 37.3 Å². The van der Waals surface area contributed by atoms with Gasteiger partial charge >= 0.3 is 11.9 Å². The number of carbonyl (C=O) groups excluding carboxylic acids is 2. The van der Waals surface area contributed by atoms with Crippen LogP contribution in [0, 0.1) is 24.0 Å². The van der Waals surface area contributed by atoms with E-state index in [0.29, 0.717) is 31.2 Å². The summed E-state index contributed by atoms with van der Waals surface area (Å²) in [5.74, 6) is -0.814. The number of carbonyl (C=O) groups is 2. The highest BCUT2D eigenvalue weighted by Crippen LogP contribution is 2.36. The van der Waals surface area contributed by atoms with Crippen LogP contribution in [0.5, 0.6) is 5.75 Å². The van der Waals surface area contributed by atoms with E-state index < -0.39 is 16.9 Å². The minimum absolute atomic E-state index is 0.0349. The summed E-state index contributed by atoms with van der Waals surface area (Å²) < 4.78 is 11.8. The van der Waals surface area contributed by atoms with E-state index in [1.807, 2.05) is 13.0 Å². The third-order valence-corrected chi connectivity index (χ3v) is 6.21. The lowest BCUT2D eigenvalue weighted by molar-refractivity contribution is -0.385. The van der Waals surface area contributed by atoms with E-state index in [2.05, 4.69) is 36.9 Å². The van der Waals surface area contributed by atoms with Crippen LogP contribution in [-0.2, 0) is 9.53 Å². The molecular formula is C25H16Br2N2O6. The van der Waals surface area contributed by atoms with Gasteiger partial charge in [0.2, 0.25) is 5.90 Å². The van der Waals surface area contributed by atoms with Gasteiger partial charge in [0, 0.05) is 17.2 Å². The van der Waals surface area contributed by atoms with Gasteiger partial charge in [-0.1, -0.05) is 17.7 Å². The van der Waals surface area contributed by atoms with Gasteiger partial charge in [0.1, 0.15) is 0 Å². The van der Waals surface area contributed by atoms with E-state index >= 15 is 0 Å². The van der Waals surface area contributed by atoms with Crippen molar-refractivity contribution >= 4 is 61.5 Å². The van der Waals surface area contributed by atoms with Gasteiger partial charge in [-0.25, -0.2) is 14.6 Å². The van der Waals surface area contributed by atoms with Crippen molar-refractivity contribution in [1.82, 2.24) is 0 Å². The van der Waals surface area contributed by atoms with Crippen molar-refractivity contribution in [2.75, 3.05) is 0 Å². The minimum atomic E-state index is -0.654. The molecule has 0 radical (unpaired) electrons. The molecule has 0 aromatic heterocycles. The molecule has 0 fully saturated rings. The van der Waals surface area contributed by atoms with Crippen LogP contribution in [0.4, 0.5) is 5.69 Å². The molecule has 0 saturated heterocycles. The standard InChI is InChI=1S/C25H16Br2N2O6/c1-13-4-3-5-17(8-13)24(30)34-22-18(26)10-15(11-19(22)27)12-20-25(31)35-23(28-20)16-6-7-21(29(32)33)14(2)9-16/h3-12H,1-2H3/b20-12-. The van der Waals surface area contributed by atoms with Crippen molar-refractivity contribution < 1.29 is 24.0 Å². The Hall–Kier alpha value is -3.63. The summed E-state index contributed by atoms with van der Waals surface area (Å²) in [5.41, 5.74) is 2.85. The molecule has 0 spiro atoms. The fourth-order valence-electron chi connectivity index (χ4n) is 3.37. The van der Waals surface area contributed by atoms with E-state index in [4.69, 9.17) is 9.47 Å². The highest BCUT2D eigenvalue weighted by atomic mass is 79.9. The molecule has 10 heteroatoms. The summed E-state index contributed by atoms with van der Waals surface area (Å²) in [6, 6.07) is 14.8. The summed E-state index contributed by atoms with van der Waals surface area (Å²) in [7, 11) is 0. The van der Waals surface area contributed by atoms with Gasteiger partial charge in [-0.2, -0.15) is 0 Å². The van der Waals surface area contributed by atoms with Crippen molar-refractivity contribution in [2.24, 2.45) is 4.99 Å². The van der Waals surface area contributed by atoms with Crippen molar-refractivity contribution in [3.8, 4) is 5.75 Å². The van der Waals surface area contributed by atoms with Gasteiger partial charge in [0.15, 0.2) is 11.4 Å². The molecule has 0 aliphatic carbocycles. The molecule has 0 saturated carbocycles. The van der Waals surface area contributed by atoms with Crippen LogP contribution in [0.15, 0.2) is 74.2 Å². The molecule has 0 atom stereocenters. The predicted molar refractivity (Wildman–Crippen MR) is 136 cm³/mol. The molecule has 176 valence electrons. The number of benzene rings is 3. The Morgan fingerprint density at radius 2 is 1.80 bits per heavy atom. The summed E-state index contributed by atoms with van der Waals surface area (Å²) in [6.07, 6.45) is 1.52. The highest BCUT2D eigenvalue weighted by Gasteiger charge is 2.26. The lowest BCUT2D eigenvalue weighted by Gasteiger charge is -2.10. The first kappa shape index (κ1) is 24.5. The normalized spacial score (nSPS) is 14.0. The molecule has 3 aromatic rings. The molecule has 1 aliphatic rings. The maximum Gasteiger partial charge on any atom is 0.363 e. The van der Waals surface area contributed by atoms with E-state index in [-0.39, 0.29) is 23.0 Å². The molecule has 8 nitrogen and oxygen atoms in total.